The van der Waals surface area contributed by atoms with Gasteiger partial charge in [-0.1, -0.05) is 27.5 Å². The number of hydrogen-bond donors (Lipinski definition) is 2. The van der Waals surface area contributed by atoms with Gasteiger partial charge in [0.05, 0.1) is 11.3 Å². The van der Waals surface area contributed by atoms with Crippen LogP contribution >= 0.6 is 39.1 Å². The summed E-state index contributed by atoms with van der Waals surface area (Å²) in [6.45, 7) is 3.99. The minimum atomic E-state index is -0.730. The number of aromatic nitrogens is 2. The van der Waals surface area contributed by atoms with Gasteiger partial charge in [0.1, 0.15) is 5.15 Å². The molecule has 2 rings (SSSR count). The maximum Gasteiger partial charge on any atom is 0.225 e. The fourth-order valence-electron chi connectivity index (χ4n) is 2.28. The van der Waals surface area contributed by atoms with Gasteiger partial charge < -0.3 is 9.47 Å². The molecule has 6 nitrogen and oxygen atoms in total. The second-order valence-electron chi connectivity index (χ2n) is 5.01. The van der Waals surface area contributed by atoms with Gasteiger partial charge >= 0.3 is 0 Å². The van der Waals surface area contributed by atoms with E-state index in [-0.39, 0.29) is 10.4 Å². The van der Waals surface area contributed by atoms with Gasteiger partial charge in [-0.2, -0.15) is 4.98 Å². The Morgan fingerprint density at radius 2 is 1.62 bits per heavy atom. The average Bonchev–Trinajstić information content (AvgIpc) is 2.49. The summed E-state index contributed by atoms with van der Waals surface area (Å²) in [5, 5.41) is 0.167. The number of aryl methyl sites for hydroxylation is 2. The normalized spacial score (nSPS) is 11.0. The molecule has 0 spiro atoms. The summed E-state index contributed by atoms with van der Waals surface area (Å²) < 4.78 is 11.5. The minimum absolute atomic E-state index is 0.0169. The number of anilines is 2. The highest BCUT2D eigenvalue weighted by atomic mass is 79.9. The standard InChI is InChI=1S/C15H17BrCl2N4O2/c1-7-5-9(16)6-8(2)11(7)21-22-13-10(14(23-3)24-4)12(17)19-15(18)20-13/h5-6,14,21H,1-4H3,(H,19,20,22). The summed E-state index contributed by atoms with van der Waals surface area (Å²) in [6, 6.07) is 4.01. The molecule has 1 aromatic carbocycles. The highest BCUT2D eigenvalue weighted by Crippen LogP contribution is 2.32. The Morgan fingerprint density at radius 3 is 2.17 bits per heavy atom. The minimum Gasteiger partial charge on any atom is -0.351 e. The van der Waals surface area contributed by atoms with E-state index in [0.717, 1.165) is 21.3 Å². The second-order valence-corrected chi connectivity index (χ2v) is 6.63. The molecule has 2 aromatic rings. The van der Waals surface area contributed by atoms with Crippen molar-refractivity contribution in [2.75, 3.05) is 25.1 Å². The van der Waals surface area contributed by atoms with Gasteiger partial charge in [0.15, 0.2) is 12.1 Å². The highest BCUT2D eigenvalue weighted by molar-refractivity contribution is 9.10. The van der Waals surface area contributed by atoms with Crippen molar-refractivity contribution in [1.82, 2.24) is 9.97 Å². The lowest BCUT2D eigenvalue weighted by Crippen LogP contribution is -2.17. The number of halogens is 3. The molecule has 0 aliphatic rings. The largest absolute Gasteiger partial charge is 0.351 e. The van der Waals surface area contributed by atoms with E-state index in [4.69, 9.17) is 32.7 Å². The van der Waals surface area contributed by atoms with E-state index in [0.29, 0.717) is 11.4 Å². The molecule has 2 N–H and O–H groups in total. The molecule has 0 unspecified atom stereocenters. The summed E-state index contributed by atoms with van der Waals surface area (Å²) in [5.74, 6) is 0.371. The quantitative estimate of drug-likeness (QED) is 0.291. The number of methoxy groups -OCH3 is 2. The lowest BCUT2D eigenvalue weighted by Gasteiger charge is -2.20. The number of nitrogens with one attached hydrogen (secondary N) is 2. The Morgan fingerprint density at radius 1 is 1.04 bits per heavy atom. The van der Waals surface area contributed by atoms with Crippen LogP contribution in [0.2, 0.25) is 10.4 Å². The van der Waals surface area contributed by atoms with Crippen LogP contribution in [-0.2, 0) is 9.47 Å². The van der Waals surface area contributed by atoms with Crippen LogP contribution in [-0.4, -0.2) is 24.2 Å². The third-order valence-electron chi connectivity index (χ3n) is 3.34. The monoisotopic (exact) mass is 434 g/mol. The van der Waals surface area contributed by atoms with Gasteiger partial charge in [-0.05, 0) is 48.7 Å². The molecule has 1 aromatic heterocycles. The Bertz CT molecular complexity index is 719. The van der Waals surface area contributed by atoms with E-state index in [9.17, 15) is 0 Å². The van der Waals surface area contributed by atoms with Crippen molar-refractivity contribution in [3.63, 3.8) is 0 Å². The summed E-state index contributed by atoms with van der Waals surface area (Å²) in [5.41, 5.74) is 9.62. The van der Waals surface area contributed by atoms with Crippen LogP contribution in [0.15, 0.2) is 16.6 Å². The molecule has 9 heteroatoms. The van der Waals surface area contributed by atoms with E-state index in [2.05, 4.69) is 36.7 Å². The summed E-state index contributed by atoms with van der Waals surface area (Å²) in [7, 11) is 3.00. The van der Waals surface area contributed by atoms with Crippen molar-refractivity contribution in [3.8, 4) is 0 Å². The number of hydrogen-bond acceptors (Lipinski definition) is 6. The Labute approximate surface area is 159 Å². The first-order valence-electron chi connectivity index (χ1n) is 6.94. The number of rotatable bonds is 6. The summed E-state index contributed by atoms with van der Waals surface area (Å²) in [6.07, 6.45) is -0.730. The SMILES string of the molecule is COC(OC)c1c(Cl)nc(Cl)nc1NNc1c(C)cc(Br)cc1C. The number of nitrogens with zero attached hydrogens (tertiary/aromatic N) is 2. The third kappa shape index (κ3) is 4.29. The molecule has 130 valence electrons. The Balaban J connectivity index is 2.36. The number of hydrazine groups is 1. The summed E-state index contributed by atoms with van der Waals surface area (Å²) in [4.78, 5) is 8.11. The van der Waals surface area contributed by atoms with Gasteiger partial charge in [-0.3, -0.25) is 10.9 Å². The van der Waals surface area contributed by atoms with Crippen molar-refractivity contribution in [1.29, 1.82) is 0 Å². The molecule has 0 bridgehead atoms. The molecule has 0 amide bonds. The van der Waals surface area contributed by atoms with Crippen LogP contribution in [0.3, 0.4) is 0 Å². The smallest absolute Gasteiger partial charge is 0.225 e. The van der Waals surface area contributed by atoms with Crippen LogP contribution in [0.1, 0.15) is 23.0 Å². The van der Waals surface area contributed by atoms with Crippen LogP contribution in [0.4, 0.5) is 11.5 Å². The van der Waals surface area contributed by atoms with Crippen LogP contribution in [0.5, 0.6) is 0 Å². The first kappa shape index (κ1) is 19.2. The lowest BCUT2D eigenvalue weighted by atomic mass is 10.1. The Kier molecular flexibility index (Phi) is 6.65. The van der Waals surface area contributed by atoms with Crippen LogP contribution < -0.4 is 10.9 Å². The van der Waals surface area contributed by atoms with Crippen molar-refractivity contribution in [2.24, 2.45) is 0 Å². The molecule has 1 heterocycles. The fourth-order valence-corrected chi connectivity index (χ4v) is 3.44. The predicted octanol–water partition coefficient (Wildman–Crippen LogP) is 4.89. The number of ether oxygens (including phenoxy) is 2. The second kappa shape index (κ2) is 8.31. The van der Waals surface area contributed by atoms with Gasteiger partial charge in [0, 0.05) is 18.7 Å². The van der Waals surface area contributed by atoms with Gasteiger partial charge in [0.25, 0.3) is 0 Å². The maximum absolute atomic E-state index is 6.18. The molecule has 0 atom stereocenters. The van der Waals surface area contributed by atoms with Crippen molar-refractivity contribution < 1.29 is 9.47 Å². The predicted molar refractivity (Wildman–Crippen MR) is 99.7 cm³/mol. The first-order valence-corrected chi connectivity index (χ1v) is 8.49. The molecule has 0 saturated carbocycles. The first-order chi connectivity index (χ1) is 11.4. The average molecular weight is 436 g/mol. The molecular formula is C15H17BrCl2N4O2. The van der Waals surface area contributed by atoms with Crippen molar-refractivity contribution in [2.45, 2.75) is 20.1 Å². The lowest BCUT2D eigenvalue weighted by molar-refractivity contribution is -0.105. The Hall–Kier alpha value is -1.12. The van der Waals surface area contributed by atoms with E-state index in [1.54, 1.807) is 0 Å². The molecule has 0 aliphatic heterocycles. The number of benzene rings is 1. The van der Waals surface area contributed by atoms with E-state index in [1.807, 2.05) is 26.0 Å². The van der Waals surface area contributed by atoms with Crippen LogP contribution in [0, 0.1) is 13.8 Å². The van der Waals surface area contributed by atoms with Gasteiger partial charge in [-0.25, -0.2) is 4.98 Å². The molecule has 0 saturated heterocycles. The van der Waals surface area contributed by atoms with Gasteiger partial charge in [0.2, 0.25) is 5.28 Å². The van der Waals surface area contributed by atoms with Crippen molar-refractivity contribution in [3.05, 3.63) is 43.7 Å². The van der Waals surface area contributed by atoms with E-state index >= 15 is 0 Å². The molecule has 0 radical (unpaired) electrons. The van der Waals surface area contributed by atoms with E-state index in [1.165, 1.54) is 14.2 Å². The molecular weight excluding hydrogens is 419 g/mol. The van der Waals surface area contributed by atoms with Crippen LogP contribution in [0.25, 0.3) is 0 Å². The summed E-state index contributed by atoms with van der Waals surface area (Å²) >= 11 is 15.6. The van der Waals surface area contributed by atoms with Gasteiger partial charge in [-0.15, -0.1) is 0 Å². The zero-order valence-corrected chi connectivity index (χ0v) is 16.7. The topological polar surface area (TPSA) is 68.3 Å². The third-order valence-corrected chi connectivity index (χ3v) is 4.25. The molecule has 0 aliphatic carbocycles. The maximum atomic E-state index is 6.18. The molecule has 24 heavy (non-hydrogen) atoms. The zero-order chi connectivity index (χ0) is 17.9. The fraction of sp³-hybridized carbons (Fsp3) is 0.333. The highest BCUT2D eigenvalue weighted by Gasteiger charge is 2.22. The molecule has 0 fully saturated rings. The van der Waals surface area contributed by atoms with Crippen molar-refractivity contribution >= 4 is 50.6 Å². The zero-order valence-electron chi connectivity index (χ0n) is 13.6. The van der Waals surface area contributed by atoms with E-state index < -0.39 is 6.29 Å².